The van der Waals surface area contributed by atoms with E-state index in [1.807, 2.05) is 0 Å². The first kappa shape index (κ1) is 15.8. The molecule has 0 amide bonds. The second kappa shape index (κ2) is 5.38. The van der Waals surface area contributed by atoms with Gasteiger partial charge in [0.15, 0.2) is 6.61 Å². The van der Waals surface area contributed by atoms with Crippen molar-refractivity contribution in [1.82, 2.24) is 9.97 Å². The molecule has 0 spiro atoms. The summed E-state index contributed by atoms with van der Waals surface area (Å²) in [6.07, 6.45) is -5.11. The van der Waals surface area contributed by atoms with Crippen molar-refractivity contribution in [3.63, 3.8) is 0 Å². The van der Waals surface area contributed by atoms with Crippen molar-refractivity contribution >= 4 is 11.5 Å². The largest absolute Gasteiger partial charge is 0.466 e. The molecule has 1 N–H and O–H groups in total. The normalized spacial score (nSPS) is 12.1. The molecule has 0 atom stereocenters. The topological polar surface area (TPSA) is 90.2 Å². The average Bonchev–Trinajstić information content (AvgIpc) is 2.34. The third-order valence-corrected chi connectivity index (χ3v) is 2.01. The third kappa shape index (κ3) is 3.19. The highest BCUT2D eigenvalue weighted by molar-refractivity contribution is 5.60. The number of rotatable bonds is 5. The van der Waals surface area contributed by atoms with Crippen molar-refractivity contribution in [3.8, 4) is 5.88 Å². The third-order valence-electron chi connectivity index (χ3n) is 2.01. The molecular formula is C8H7F5N4O3. The van der Waals surface area contributed by atoms with Crippen LogP contribution in [-0.2, 0) is 0 Å². The predicted octanol–water partition coefficient (Wildman–Crippen LogP) is 2.00. The molecule has 0 saturated carbocycles. The van der Waals surface area contributed by atoms with E-state index in [1.165, 1.54) is 7.05 Å². The second-order valence-corrected chi connectivity index (χ2v) is 3.37. The lowest BCUT2D eigenvalue weighted by Crippen LogP contribution is -2.41. The van der Waals surface area contributed by atoms with E-state index in [-0.39, 0.29) is 5.82 Å². The minimum atomic E-state index is -5.83. The molecule has 7 nitrogen and oxygen atoms in total. The Hall–Kier alpha value is -2.27. The molecule has 0 bridgehead atoms. The van der Waals surface area contributed by atoms with Crippen LogP contribution in [0, 0.1) is 10.1 Å². The zero-order valence-electron chi connectivity index (χ0n) is 9.74. The fourth-order valence-electron chi connectivity index (χ4n) is 1.06. The van der Waals surface area contributed by atoms with Gasteiger partial charge in [0.05, 0.1) is 4.92 Å². The van der Waals surface area contributed by atoms with Crippen LogP contribution in [0.2, 0.25) is 0 Å². The van der Waals surface area contributed by atoms with Gasteiger partial charge in [-0.3, -0.25) is 10.1 Å². The molecule has 1 heterocycles. The molecule has 20 heavy (non-hydrogen) atoms. The van der Waals surface area contributed by atoms with Gasteiger partial charge >= 0.3 is 17.8 Å². The quantitative estimate of drug-likeness (QED) is 0.508. The SMILES string of the molecule is CNc1ncnc(OCC(F)(F)C(F)(F)F)c1[N+](=O)[O-]. The summed E-state index contributed by atoms with van der Waals surface area (Å²) in [6.45, 7) is -2.13. The molecule has 12 heteroatoms. The first-order chi connectivity index (χ1) is 9.10. The first-order valence-electron chi connectivity index (χ1n) is 4.84. The van der Waals surface area contributed by atoms with Crippen molar-refractivity contribution in [3.05, 3.63) is 16.4 Å². The number of nitrogens with one attached hydrogen (secondary N) is 1. The van der Waals surface area contributed by atoms with E-state index < -0.39 is 35.2 Å². The van der Waals surface area contributed by atoms with E-state index in [2.05, 4.69) is 20.0 Å². The van der Waals surface area contributed by atoms with Crippen LogP contribution >= 0.6 is 0 Å². The number of hydrogen-bond donors (Lipinski definition) is 1. The van der Waals surface area contributed by atoms with E-state index in [0.29, 0.717) is 0 Å². The van der Waals surface area contributed by atoms with Crippen LogP contribution in [0.1, 0.15) is 0 Å². The Balaban J connectivity index is 3.02. The molecule has 0 aliphatic rings. The van der Waals surface area contributed by atoms with Crippen molar-refractivity contribution < 1.29 is 31.6 Å². The number of alkyl halides is 5. The van der Waals surface area contributed by atoms with Crippen LogP contribution in [0.15, 0.2) is 6.33 Å². The summed E-state index contributed by atoms with van der Waals surface area (Å²) < 4.78 is 65.2. The standard InChI is InChI=1S/C8H7F5N4O3/c1-14-5-4(17(18)19)6(16-3-15-5)20-2-7(9,10)8(11,12)13/h3H,2H2,1H3,(H,14,15,16). The molecule has 1 rings (SSSR count). The van der Waals surface area contributed by atoms with Gasteiger partial charge in [0.2, 0.25) is 5.82 Å². The molecule has 0 saturated heterocycles. The number of aromatic nitrogens is 2. The van der Waals surface area contributed by atoms with Crippen LogP contribution < -0.4 is 10.1 Å². The Morgan fingerprint density at radius 1 is 1.35 bits per heavy atom. The highest BCUT2D eigenvalue weighted by Crippen LogP contribution is 2.37. The van der Waals surface area contributed by atoms with E-state index in [1.54, 1.807) is 0 Å². The predicted molar refractivity (Wildman–Crippen MR) is 54.7 cm³/mol. The minimum absolute atomic E-state index is 0.379. The van der Waals surface area contributed by atoms with Gasteiger partial charge < -0.3 is 10.1 Å². The van der Waals surface area contributed by atoms with Crippen molar-refractivity contribution in [2.75, 3.05) is 19.0 Å². The van der Waals surface area contributed by atoms with Gasteiger partial charge in [0.25, 0.3) is 5.88 Å². The number of anilines is 1. The van der Waals surface area contributed by atoms with E-state index in [4.69, 9.17) is 0 Å². The lowest BCUT2D eigenvalue weighted by molar-refractivity contribution is -0.385. The first-order valence-corrected chi connectivity index (χ1v) is 4.84. The highest BCUT2D eigenvalue weighted by Gasteiger charge is 2.58. The van der Waals surface area contributed by atoms with Gasteiger partial charge in [-0.25, -0.2) is 4.98 Å². The van der Waals surface area contributed by atoms with Crippen LogP contribution in [0.3, 0.4) is 0 Å². The maximum atomic E-state index is 12.7. The fraction of sp³-hybridized carbons (Fsp3) is 0.500. The monoisotopic (exact) mass is 302 g/mol. The molecule has 0 aromatic carbocycles. The van der Waals surface area contributed by atoms with Gasteiger partial charge in [-0.15, -0.1) is 0 Å². The molecule has 0 unspecified atom stereocenters. The van der Waals surface area contributed by atoms with Crippen molar-refractivity contribution in [2.45, 2.75) is 12.1 Å². The number of nitro groups is 1. The highest BCUT2D eigenvalue weighted by atomic mass is 19.4. The zero-order chi connectivity index (χ0) is 15.6. The van der Waals surface area contributed by atoms with Crippen LogP contribution in [0.4, 0.5) is 33.5 Å². The molecule has 0 aliphatic carbocycles. The van der Waals surface area contributed by atoms with Crippen LogP contribution in [0.5, 0.6) is 5.88 Å². The van der Waals surface area contributed by atoms with E-state index in [9.17, 15) is 32.1 Å². The summed E-state index contributed by atoms with van der Waals surface area (Å²) in [5, 5.41) is 13.0. The Bertz CT molecular complexity index is 507. The molecule has 0 fully saturated rings. The summed E-state index contributed by atoms with van der Waals surface area (Å²) >= 11 is 0. The summed E-state index contributed by atoms with van der Waals surface area (Å²) in [7, 11) is 1.24. The maximum absolute atomic E-state index is 12.7. The lowest BCUT2D eigenvalue weighted by Gasteiger charge is -2.19. The Labute approximate surface area is 107 Å². The smallest absolute Gasteiger partial charge is 0.456 e. The summed E-state index contributed by atoms with van der Waals surface area (Å²) in [5.41, 5.74) is -0.937. The fourth-order valence-corrected chi connectivity index (χ4v) is 1.06. The van der Waals surface area contributed by atoms with Gasteiger partial charge in [0.1, 0.15) is 6.33 Å². The molecular weight excluding hydrogens is 295 g/mol. The summed E-state index contributed by atoms with van der Waals surface area (Å²) in [6, 6.07) is 0. The number of ether oxygens (including phenoxy) is 1. The van der Waals surface area contributed by atoms with Crippen molar-refractivity contribution in [2.24, 2.45) is 0 Å². The molecule has 1 aromatic rings. The Morgan fingerprint density at radius 2 is 1.95 bits per heavy atom. The van der Waals surface area contributed by atoms with Crippen molar-refractivity contribution in [1.29, 1.82) is 0 Å². The van der Waals surface area contributed by atoms with E-state index in [0.717, 1.165) is 6.33 Å². The zero-order valence-corrected chi connectivity index (χ0v) is 9.74. The number of nitrogens with zero attached hydrogens (tertiary/aromatic N) is 3. The van der Waals surface area contributed by atoms with E-state index >= 15 is 0 Å². The average molecular weight is 302 g/mol. The summed E-state index contributed by atoms with van der Waals surface area (Å²) in [4.78, 5) is 16.3. The second-order valence-electron chi connectivity index (χ2n) is 3.37. The molecule has 0 aliphatic heterocycles. The molecule has 0 radical (unpaired) electrons. The number of hydrogen-bond acceptors (Lipinski definition) is 6. The molecule has 1 aromatic heterocycles. The minimum Gasteiger partial charge on any atom is -0.466 e. The maximum Gasteiger partial charge on any atom is 0.456 e. The van der Waals surface area contributed by atoms with Crippen LogP contribution in [0.25, 0.3) is 0 Å². The van der Waals surface area contributed by atoms with Crippen LogP contribution in [-0.4, -0.2) is 40.6 Å². The lowest BCUT2D eigenvalue weighted by atomic mass is 10.3. The van der Waals surface area contributed by atoms with Gasteiger partial charge in [-0.2, -0.15) is 26.9 Å². The molecule has 112 valence electrons. The number of halogens is 5. The Morgan fingerprint density at radius 3 is 2.40 bits per heavy atom. The summed E-state index contributed by atoms with van der Waals surface area (Å²) in [5.74, 6) is -6.53. The van der Waals surface area contributed by atoms with Gasteiger partial charge in [0, 0.05) is 7.05 Å². The Kier molecular flexibility index (Phi) is 4.25. The van der Waals surface area contributed by atoms with Gasteiger partial charge in [-0.1, -0.05) is 0 Å². The van der Waals surface area contributed by atoms with Gasteiger partial charge in [-0.05, 0) is 0 Å².